The fourth-order valence-electron chi connectivity index (χ4n) is 6.48. The van der Waals surface area contributed by atoms with E-state index in [1.165, 1.54) is 10.8 Å². The van der Waals surface area contributed by atoms with Gasteiger partial charge in [-0.2, -0.15) is 5.26 Å². The van der Waals surface area contributed by atoms with Crippen LogP contribution in [0.5, 0.6) is 0 Å². The molecular formula is C36H21N5. The fourth-order valence-corrected chi connectivity index (χ4v) is 6.48. The first-order chi connectivity index (χ1) is 20.3. The maximum Gasteiger partial charge on any atom is 0.220 e. The van der Waals surface area contributed by atoms with Crippen LogP contribution in [0.2, 0.25) is 0 Å². The number of benzene rings is 6. The van der Waals surface area contributed by atoms with E-state index in [1.54, 1.807) is 0 Å². The minimum Gasteiger partial charge on any atom is -0.309 e. The average Bonchev–Trinajstić information content (AvgIpc) is 3.67. The van der Waals surface area contributed by atoms with Gasteiger partial charge < -0.3 is 4.57 Å². The summed E-state index contributed by atoms with van der Waals surface area (Å²) in [5, 5.41) is 14.3. The molecule has 9 rings (SSSR count). The standard InChI is InChI=1S/C36H21N5/c37-22-23-14-17-28-29-21-26(16-19-31(29)39(34(28)20-23)25-9-2-1-3-10-25)40-33-18-15-24-8-4-5-11-27(24)35(33)41-32-13-7-6-12-30(32)38-36(40)41/h1-21H. The van der Waals surface area contributed by atoms with E-state index in [1.807, 2.05) is 36.4 Å². The predicted octanol–water partition coefficient (Wildman–Crippen LogP) is 8.55. The minimum absolute atomic E-state index is 0.645. The quantitative estimate of drug-likeness (QED) is 0.228. The number of hydrogen-bond acceptors (Lipinski definition) is 2. The summed E-state index contributed by atoms with van der Waals surface area (Å²) in [5.74, 6) is 0.885. The van der Waals surface area contributed by atoms with Crippen LogP contribution in [-0.4, -0.2) is 18.5 Å². The molecule has 3 aromatic heterocycles. The SMILES string of the molecule is N#Cc1ccc2c3cc(-n4c5ccc6ccccc6c5n5c6ccccc6nc45)ccc3n(-c3ccccc3)c2c1. The van der Waals surface area contributed by atoms with Gasteiger partial charge in [-0.05, 0) is 66.0 Å². The molecule has 0 radical (unpaired) electrons. The number of rotatable bonds is 2. The van der Waals surface area contributed by atoms with Gasteiger partial charge in [-0.3, -0.25) is 8.97 Å². The first-order valence-corrected chi connectivity index (χ1v) is 13.6. The second kappa shape index (κ2) is 8.08. The Morgan fingerprint density at radius 3 is 2.24 bits per heavy atom. The second-order valence-electron chi connectivity index (χ2n) is 10.4. The number of nitriles is 1. The molecule has 5 heteroatoms. The molecular weight excluding hydrogens is 502 g/mol. The van der Waals surface area contributed by atoms with Crippen molar-refractivity contribution in [2.75, 3.05) is 0 Å². The highest BCUT2D eigenvalue weighted by Crippen LogP contribution is 2.37. The maximum absolute atomic E-state index is 9.67. The van der Waals surface area contributed by atoms with Gasteiger partial charge in [0.2, 0.25) is 5.78 Å². The van der Waals surface area contributed by atoms with Crippen molar-refractivity contribution in [3.63, 3.8) is 0 Å². The monoisotopic (exact) mass is 523 g/mol. The Morgan fingerprint density at radius 2 is 1.34 bits per heavy atom. The smallest absolute Gasteiger partial charge is 0.220 e. The van der Waals surface area contributed by atoms with Crippen LogP contribution >= 0.6 is 0 Å². The molecule has 0 aliphatic rings. The molecule has 190 valence electrons. The molecule has 0 bridgehead atoms. The fraction of sp³-hybridized carbons (Fsp3) is 0. The van der Waals surface area contributed by atoms with Crippen molar-refractivity contribution in [3.8, 4) is 17.4 Å². The number of nitrogens with zero attached hydrogens (tertiary/aromatic N) is 5. The number of imidazole rings is 2. The van der Waals surface area contributed by atoms with Gasteiger partial charge in [0.15, 0.2) is 0 Å². The Bertz CT molecular complexity index is 2540. The Labute approximate surface area is 234 Å². The van der Waals surface area contributed by atoms with Crippen molar-refractivity contribution >= 4 is 60.4 Å². The Kier molecular flexibility index (Phi) is 4.33. The van der Waals surface area contributed by atoms with Gasteiger partial charge in [0.1, 0.15) is 0 Å². The normalized spacial score (nSPS) is 11.9. The predicted molar refractivity (Wildman–Crippen MR) is 166 cm³/mol. The third-order valence-electron chi connectivity index (χ3n) is 8.24. The minimum atomic E-state index is 0.645. The van der Waals surface area contributed by atoms with Crippen LogP contribution in [0.1, 0.15) is 5.56 Å². The van der Waals surface area contributed by atoms with Gasteiger partial charge in [0, 0.05) is 27.5 Å². The summed E-state index contributed by atoms with van der Waals surface area (Å²) in [4.78, 5) is 5.14. The molecule has 0 aliphatic carbocycles. The molecule has 0 fully saturated rings. The van der Waals surface area contributed by atoms with Crippen LogP contribution in [0.3, 0.4) is 0 Å². The topological polar surface area (TPSA) is 50.9 Å². The third kappa shape index (κ3) is 2.96. The summed E-state index contributed by atoms with van der Waals surface area (Å²) in [6.07, 6.45) is 0. The summed E-state index contributed by atoms with van der Waals surface area (Å²) in [6.45, 7) is 0. The molecule has 41 heavy (non-hydrogen) atoms. The van der Waals surface area contributed by atoms with Gasteiger partial charge in [0.25, 0.3) is 0 Å². The van der Waals surface area contributed by atoms with E-state index in [4.69, 9.17) is 4.98 Å². The van der Waals surface area contributed by atoms with Crippen LogP contribution in [0.15, 0.2) is 127 Å². The van der Waals surface area contributed by atoms with Crippen LogP contribution < -0.4 is 0 Å². The summed E-state index contributed by atoms with van der Waals surface area (Å²) in [7, 11) is 0. The van der Waals surface area contributed by atoms with Crippen molar-refractivity contribution in [2.45, 2.75) is 0 Å². The summed E-state index contributed by atoms with van der Waals surface area (Å²) in [6, 6.07) is 46.5. The zero-order valence-corrected chi connectivity index (χ0v) is 21.9. The lowest BCUT2D eigenvalue weighted by atomic mass is 10.1. The van der Waals surface area contributed by atoms with Crippen LogP contribution in [0.4, 0.5) is 0 Å². The van der Waals surface area contributed by atoms with Crippen LogP contribution in [0.25, 0.3) is 71.8 Å². The second-order valence-corrected chi connectivity index (χ2v) is 10.4. The third-order valence-corrected chi connectivity index (χ3v) is 8.24. The molecule has 3 heterocycles. The average molecular weight is 524 g/mol. The molecule has 0 saturated heterocycles. The summed E-state index contributed by atoms with van der Waals surface area (Å²) >= 11 is 0. The lowest BCUT2D eigenvalue weighted by molar-refractivity contribution is 1.11. The van der Waals surface area contributed by atoms with E-state index in [0.29, 0.717) is 5.56 Å². The molecule has 0 aliphatic heterocycles. The molecule has 5 nitrogen and oxygen atoms in total. The summed E-state index contributed by atoms with van der Waals surface area (Å²) in [5.41, 5.74) is 9.18. The number of hydrogen-bond donors (Lipinski definition) is 0. The Hall–Kier alpha value is -5.86. The summed E-state index contributed by atoms with van der Waals surface area (Å²) < 4.78 is 6.82. The Balaban J connectivity index is 1.43. The molecule has 0 unspecified atom stereocenters. The van der Waals surface area contributed by atoms with Crippen LogP contribution in [-0.2, 0) is 0 Å². The van der Waals surface area contributed by atoms with Gasteiger partial charge in [-0.1, -0.05) is 66.7 Å². The van der Waals surface area contributed by atoms with Crippen molar-refractivity contribution in [1.29, 1.82) is 5.26 Å². The largest absolute Gasteiger partial charge is 0.309 e. The maximum atomic E-state index is 9.67. The first kappa shape index (κ1) is 22.0. The lowest BCUT2D eigenvalue weighted by Gasteiger charge is -2.09. The number of aromatic nitrogens is 4. The van der Waals surface area contributed by atoms with Gasteiger partial charge in [-0.15, -0.1) is 0 Å². The molecule has 0 amide bonds. The van der Waals surface area contributed by atoms with E-state index in [9.17, 15) is 5.26 Å². The molecule has 0 atom stereocenters. The zero-order chi connectivity index (χ0) is 27.1. The first-order valence-electron chi connectivity index (χ1n) is 13.6. The van der Waals surface area contributed by atoms with Crippen molar-refractivity contribution < 1.29 is 0 Å². The van der Waals surface area contributed by atoms with Crippen LogP contribution in [0, 0.1) is 11.3 Å². The zero-order valence-electron chi connectivity index (χ0n) is 21.9. The molecule has 0 N–H and O–H groups in total. The van der Waals surface area contributed by atoms with Gasteiger partial charge in [-0.25, -0.2) is 4.98 Å². The van der Waals surface area contributed by atoms with Crippen molar-refractivity contribution in [3.05, 3.63) is 133 Å². The number of fused-ring (bicyclic) bond motifs is 10. The Morgan fingerprint density at radius 1 is 0.537 bits per heavy atom. The molecule has 9 aromatic rings. The lowest BCUT2D eigenvalue weighted by Crippen LogP contribution is -1.96. The number of para-hydroxylation sites is 3. The highest BCUT2D eigenvalue weighted by molar-refractivity contribution is 6.11. The van der Waals surface area contributed by atoms with E-state index in [0.717, 1.165) is 61.0 Å². The van der Waals surface area contributed by atoms with Crippen molar-refractivity contribution in [1.82, 2.24) is 18.5 Å². The molecule has 6 aromatic carbocycles. The van der Waals surface area contributed by atoms with Gasteiger partial charge in [0.05, 0.1) is 44.7 Å². The van der Waals surface area contributed by atoms with E-state index < -0.39 is 0 Å². The highest BCUT2D eigenvalue weighted by Gasteiger charge is 2.20. The van der Waals surface area contributed by atoms with Crippen molar-refractivity contribution in [2.24, 2.45) is 0 Å². The van der Waals surface area contributed by atoms with E-state index in [-0.39, 0.29) is 0 Å². The molecule has 0 spiro atoms. The van der Waals surface area contributed by atoms with E-state index >= 15 is 0 Å². The highest BCUT2D eigenvalue weighted by atomic mass is 15.2. The van der Waals surface area contributed by atoms with Gasteiger partial charge >= 0.3 is 0 Å². The molecule has 0 saturated carbocycles. The van der Waals surface area contributed by atoms with E-state index in [2.05, 4.69) is 111 Å².